The molecule has 0 fully saturated rings. The second-order valence-electron chi connectivity index (χ2n) is 5.77. The Balaban J connectivity index is 1.84. The molecule has 0 saturated heterocycles. The van der Waals surface area contributed by atoms with Gasteiger partial charge in [0.05, 0.1) is 7.11 Å². The van der Waals surface area contributed by atoms with Crippen LogP contribution in [0.4, 0.5) is 5.69 Å². The van der Waals surface area contributed by atoms with E-state index in [-0.39, 0.29) is 12.5 Å². The highest BCUT2D eigenvalue weighted by Crippen LogP contribution is 2.17. The quantitative estimate of drug-likeness (QED) is 0.784. The lowest BCUT2D eigenvalue weighted by Gasteiger charge is -2.18. The van der Waals surface area contributed by atoms with E-state index >= 15 is 0 Å². The van der Waals surface area contributed by atoms with E-state index in [1.165, 1.54) is 0 Å². The molecule has 1 amide bonds. The lowest BCUT2D eigenvalue weighted by molar-refractivity contribution is -0.132. The topological polar surface area (TPSA) is 42.0 Å². The van der Waals surface area contributed by atoms with E-state index in [1.54, 1.807) is 43.3 Å². The van der Waals surface area contributed by atoms with Crippen LogP contribution in [0.1, 0.15) is 5.56 Å². The van der Waals surface area contributed by atoms with Crippen LogP contribution in [0, 0.1) is 0 Å². The fraction of sp³-hybridized carbons (Fsp3) is 0.316. The van der Waals surface area contributed by atoms with Crippen LogP contribution in [-0.2, 0) is 11.3 Å². The number of methoxy groups -OCH3 is 1. The van der Waals surface area contributed by atoms with Crippen LogP contribution >= 0.6 is 0 Å². The number of carbonyl (C=O) groups excluding carboxylic acids is 1. The van der Waals surface area contributed by atoms with Gasteiger partial charge in [-0.2, -0.15) is 0 Å². The molecule has 0 aliphatic rings. The monoisotopic (exact) mass is 328 g/mol. The number of hydrogen-bond donors (Lipinski definition) is 0. The molecule has 5 nitrogen and oxygen atoms in total. The number of rotatable bonds is 7. The maximum atomic E-state index is 12.2. The Kier molecular flexibility index (Phi) is 6.07. The van der Waals surface area contributed by atoms with Crippen molar-refractivity contribution in [2.75, 3.05) is 39.8 Å². The summed E-state index contributed by atoms with van der Waals surface area (Å²) in [4.78, 5) is 15.9. The fourth-order valence-corrected chi connectivity index (χ4v) is 2.19. The zero-order valence-electron chi connectivity index (χ0n) is 14.7. The average Bonchev–Trinajstić information content (AvgIpc) is 2.60. The summed E-state index contributed by atoms with van der Waals surface area (Å²) >= 11 is 0. The fourth-order valence-electron chi connectivity index (χ4n) is 2.19. The van der Waals surface area contributed by atoms with Crippen LogP contribution < -0.4 is 14.4 Å². The number of nitrogens with zero attached hydrogens (tertiary/aromatic N) is 2. The number of carbonyl (C=O) groups is 1. The van der Waals surface area contributed by atoms with Gasteiger partial charge in [0.15, 0.2) is 6.61 Å². The van der Waals surface area contributed by atoms with E-state index < -0.39 is 0 Å². The molecule has 0 heterocycles. The lowest BCUT2D eigenvalue weighted by Crippen LogP contribution is -2.30. The van der Waals surface area contributed by atoms with E-state index in [2.05, 4.69) is 0 Å². The Bertz CT molecular complexity index is 651. The molecule has 5 heteroatoms. The Labute approximate surface area is 143 Å². The molecule has 0 aliphatic carbocycles. The molecule has 0 bridgehead atoms. The van der Waals surface area contributed by atoms with Crippen molar-refractivity contribution in [2.24, 2.45) is 0 Å². The minimum atomic E-state index is -0.0671. The summed E-state index contributed by atoms with van der Waals surface area (Å²) in [5.74, 6) is 1.34. The molecule has 128 valence electrons. The third-order valence-corrected chi connectivity index (χ3v) is 3.72. The predicted molar refractivity (Wildman–Crippen MR) is 95.7 cm³/mol. The van der Waals surface area contributed by atoms with E-state index in [0.717, 1.165) is 17.0 Å². The molecular formula is C19H24N2O3. The molecule has 2 aromatic carbocycles. The number of anilines is 1. The zero-order valence-corrected chi connectivity index (χ0v) is 14.7. The van der Waals surface area contributed by atoms with E-state index in [0.29, 0.717) is 12.3 Å². The van der Waals surface area contributed by atoms with Gasteiger partial charge in [0, 0.05) is 33.4 Å². The minimum absolute atomic E-state index is 0.0125. The Morgan fingerprint density at radius 2 is 1.50 bits per heavy atom. The number of likely N-dealkylation sites (N-methyl/N-ethyl adjacent to an activating group) is 1. The smallest absolute Gasteiger partial charge is 0.260 e. The van der Waals surface area contributed by atoms with Crippen LogP contribution in [0.15, 0.2) is 48.5 Å². The Hall–Kier alpha value is -2.69. The molecule has 2 aromatic rings. The molecule has 0 unspecified atom stereocenters. The Morgan fingerprint density at radius 3 is 2.04 bits per heavy atom. The molecule has 0 N–H and O–H groups in total. The van der Waals surface area contributed by atoms with Crippen molar-refractivity contribution in [3.8, 4) is 11.5 Å². The van der Waals surface area contributed by atoms with Gasteiger partial charge in [-0.25, -0.2) is 0 Å². The maximum absolute atomic E-state index is 12.2. The van der Waals surface area contributed by atoms with Crippen molar-refractivity contribution in [1.82, 2.24) is 4.90 Å². The van der Waals surface area contributed by atoms with Crippen LogP contribution in [0.3, 0.4) is 0 Å². The Morgan fingerprint density at radius 1 is 0.917 bits per heavy atom. The SMILES string of the molecule is COc1ccc(OCC(=O)N(C)Cc2ccc(N(C)C)cc2)cc1. The third kappa shape index (κ3) is 4.91. The van der Waals surface area contributed by atoms with E-state index in [9.17, 15) is 4.79 Å². The van der Waals surface area contributed by atoms with Gasteiger partial charge in [0.2, 0.25) is 0 Å². The number of amides is 1. The van der Waals surface area contributed by atoms with Gasteiger partial charge in [0.25, 0.3) is 5.91 Å². The van der Waals surface area contributed by atoms with Gasteiger partial charge in [0.1, 0.15) is 11.5 Å². The van der Waals surface area contributed by atoms with Crippen molar-refractivity contribution in [3.05, 3.63) is 54.1 Å². The maximum Gasteiger partial charge on any atom is 0.260 e. The van der Waals surface area contributed by atoms with Gasteiger partial charge in [-0.15, -0.1) is 0 Å². The van der Waals surface area contributed by atoms with E-state index in [4.69, 9.17) is 9.47 Å². The molecule has 0 spiro atoms. The van der Waals surface area contributed by atoms with E-state index in [1.807, 2.05) is 43.3 Å². The van der Waals surface area contributed by atoms with Crippen molar-refractivity contribution >= 4 is 11.6 Å². The first-order valence-corrected chi connectivity index (χ1v) is 7.76. The van der Waals surface area contributed by atoms with Crippen molar-refractivity contribution < 1.29 is 14.3 Å². The molecule has 0 saturated carbocycles. The normalized spacial score (nSPS) is 10.2. The highest BCUT2D eigenvalue weighted by Gasteiger charge is 2.10. The highest BCUT2D eigenvalue weighted by atomic mass is 16.5. The second-order valence-corrected chi connectivity index (χ2v) is 5.77. The van der Waals surface area contributed by atoms with Crippen LogP contribution in [0.2, 0.25) is 0 Å². The van der Waals surface area contributed by atoms with Crippen LogP contribution in [0.25, 0.3) is 0 Å². The summed E-state index contributed by atoms with van der Waals surface area (Å²) in [6.45, 7) is 0.567. The molecular weight excluding hydrogens is 304 g/mol. The molecule has 0 radical (unpaired) electrons. The second kappa shape index (κ2) is 8.24. The number of ether oxygens (including phenoxy) is 2. The van der Waals surface area contributed by atoms with Crippen LogP contribution in [0.5, 0.6) is 11.5 Å². The molecule has 0 aromatic heterocycles. The summed E-state index contributed by atoms with van der Waals surface area (Å²) in [5.41, 5.74) is 2.22. The standard InChI is InChI=1S/C19H24N2O3/c1-20(2)16-7-5-15(6-8-16)13-21(3)19(22)14-24-18-11-9-17(23-4)10-12-18/h5-12H,13-14H2,1-4H3. The first-order valence-electron chi connectivity index (χ1n) is 7.76. The first kappa shape index (κ1) is 17.7. The summed E-state index contributed by atoms with van der Waals surface area (Å²) in [6, 6.07) is 15.3. The largest absolute Gasteiger partial charge is 0.497 e. The first-order chi connectivity index (χ1) is 11.5. The number of benzene rings is 2. The molecule has 2 rings (SSSR count). The van der Waals surface area contributed by atoms with Crippen molar-refractivity contribution in [3.63, 3.8) is 0 Å². The zero-order chi connectivity index (χ0) is 17.5. The molecule has 0 atom stereocenters. The van der Waals surface area contributed by atoms with Crippen molar-refractivity contribution in [2.45, 2.75) is 6.54 Å². The van der Waals surface area contributed by atoms with Gasteiger partial charge in [-0.1, -0.05) is 12.1 Å². The van der Waals surface area contributed by atoms with Gasteiger partial charge < -0.3 is 19.3 Å². The summed E-state index contributed by atoms with van der Waals surface area (Å²) in [7, 11) is 7.39. The number of hydrogen-bond acceptors (Lipinski definition) is 4. The van der Waals surface area contributed by atoms with Gasteiger partial charge >= 0.3 is 0 Å². The summed E-state index contributed by atoms with van der Waals surface area (Å²) < 4.78 is 10.6. The summed E-state index contributed by atoms with van der Waals surface area (Å²) in [6.07, 6.45) is 0. The van der Waals surface area contributed by atoms with Crippen molar-refractivity contribution in [1.29, 1.82) is 0 Å². The predicted octanol–water partition coefficient (Wildman–Crippen LogP) is 2.80. The third-order valence-electron chi connectivity index (χ3n) is 3.72. The average molecular weight is 328 g/mol. The minimum Gasteiger partial charge on any atom is -0.497 e. The van der Waals surface area contributed by atoms with Crippen LogP contribution in [-0.4, -0.2) is 45.7 Å². The highest BCUT2D eigenvalue weighted by molar-refractivity contribution is 5.77. The lowest BCUT2D eigenvalue weighted by atomic mass is 10.2. The van der Waals surface area contributed by atoms with Gasteiger partial charge in [-0.05, 0) is 42.0 Å². The van der Waals surface area contributed by atoms with Gasteiger partial charge in [-0.3, -0.25) is 4.79 Å². The molecule has 24 heavy (non-hydrogen) atoms. The summed E-state index contributed by atoms with van der Waals surface area (Å²) in [5, 5.41) is 0. The molecule has 0 aliphatic heterocycles.